The summed E-state index contributed by atoms with van der Waals surface area (Å²) in [6.45, 7) is 0. The third kappa shape index (κ3) is 2.59. The van der Waals surface area contributed by atoms with E-state index in [1.165, 1.54) is 0 Å². The van der Waals surface area contributed by atoms with Crippen molar-refractivity contribution in [1.29, 1.82) is 0 Å². The van der Waals surface area contributed by atoms with E-state index in [0.717, 1.165) is 5.56 Å². The first-order valence-electron chi connectivity index (χ1n) is 6.18. The summed E-state index contributed by atoms with van der Waals surface area (Å²) >= 11 is 0. The van der Waals surface area contributed by atoms with Crippen LogP contribution in [-0.4, -0.2) is 15.3 Å². The Balaban J connectivity index is 1.85. The van der Waals surface area contributed by atoms with Crippen LogP contribution in [0.15, 0.2) is 59.0 Å². The number of phenols is 1. The Bertz CT molecular complexity index is 733. The van der Waals surface area contributed by atoms with Crippen molar-refractivity contribution in [3.05, 3.63) is 66.1 Å². The molecule has 0 atom stereocenters. The Morgan fingerprint density at radius 3 is 2.40 bits per heavy atom. The van der Waals surface area contributed by atoms with Gasteiger partial charge in [-0.15, -0.1) is 10.2 Å². The van der Waals surface area contributed by atoms with E-state index in [9.17, 15) is 5.11 Å². The van der Waals surface area contributed by atoms with E-state index < -0.39 is 0 Å². The largest absolute Gasteiger partial charge is 0.507 e. The molecule has 0 spiro atoms. The third-order valence-electron chi connectivity index (χ3n) is 2.79. The van der Waals surface area contributed by atoms with Gasteiger partial charge in [-0.2, -0.15) is 0 Å². The molecule has 3 rings (SSSR count). The van der Waals surface area contributed by atoms with Crippen molar-refractivity contribution in [1.82, 2.24) is 10.2 Å². The second kappa shape index (κ2) is 5.40. The molecule has 0 saturated carbocycles. The van der Waals surface area contributed by atoms with Crippen LogP contribution in [0.2, 0.25) is 0 Å². The van der Waals surface area contributed by atoms with Gasteiger partial charge in [0.25, 0.3) is 5.89 Å². The predicted molar refractivity (Wildman–Crippen MR) is 76.8 cm³/mol. The van der Waals surface area contributed by atoms with Gasteiger partial charge in [0.05, 0.1) is 5.56 Å². The quantitative estimate of drug-likeness (QED) is 0.785. The molecule has 1 heterocycles. The van der Waals surface area contributed by atoms with Gasteiger partial charge >= 0.3 is 0 Å². The molecule has 0 unspecified atom stereocenters. The minimum atomic E-state index is 0.120. The minimum Gasteiger partial charge on any atom is -0.507 e. The van der Waals surface area contributed by atoms with Gasteiger partial charge in [-0.3, -0.25) is 0 Å². The minimum absolute atomic E-state index is 0.120. The van der Waals surface area contributed by atoms with Crippen molar-refractivity contribution in [2.75, 3.05) is 0 Å². The fourth-order valence-corrected chi connectivity index (χ4v) is 1.80. The lowest BCUT2D eigenvalue weighted by Crippen LogP contribution is -1.78. The fourth-order valence-electron chi connectivity index (χ4n) is 1.80. The number of phenolic OH excluding ortho intramolecular Hbond substituents is 1. The lowest BCUT2D eigenvalue weighted by atomic mass is 10.2. The van der Waals surface area contributed by atoms with Crippen molar-refractivity contribution in [2.24, 2.45) is 0 Å². The zero-order valence-electron chi connectivity index (χ0n) is 10.6. The first kappa shape index (κ1) is 12.2. The summed E-state index contributed by atoms with van der Waals surface area (Å²) in [6, 6.07) is 16.7. The highest BCUT2D eigenvalue weighted by atomic mass is 16.4. The van der Waals surface area contributed by atoms with Gasteiger partial charge in [-0.25, -0.2) is 0 Å². The summed E-state index contributed by atoms with van der Waals surface area (Å²) in [4.78, 5) is 0. The fraction of sp³-hybridized carbons (Fsp3) is 0. The SMILES string of the molecule is Oc1ccccc1-c1nnc(/C=C/c2ccccc2)o1. The van der Waals surface area contributed by atoms with Crippen LogP contribution >= 0.6 is 0 Å². The number of hydrogen-bond donors (Lipinski definition) is 1. The maximum Gasteiger partial charge on any atom is 0.251 e. The lowest BCUT2D eigenvalue weighted by Gasteiger charge is -1.96. The van der Waals surface area contributed by atoms with E-state index in [2.05, 4.69) is 10.2 Å². The Kier molecular flexibility index (Phi) is 3.29. The smallest absolute Gasteiger partial charge is 0.251 e. The van der Waals surface area contributed by atoms with E-state index in [4.69, 9.17) is 4.42 Å². The molecule has 4 heteroatoms. The van der Waals surface area contributed by atoms with E-state index in [1.807, 2.05) is 36.4 Å². The Morgan fingerprint density at radius 1 is 0.850 bits per heavy atom. The average Bonchev–Trinajstić information content (AvgIpc) is 2.95. The standard InChI is InChI=1S/C16H12N2O2/c19-14-9-5-4-8-13(14)16-18-17-15(20-16)11-10-12-6-2-1-3-7-12/h1-11,19H/b11-10+. The molecule has 0 saturated heterocycles. The molecule has 0 bridgehead atoms. The van der Waals surface area contributed by atoms with Gasteiger partial charge in [0.15, 0.2) is 0 Å². The highest BCUT2D eigenvalue weighted by Crippen LogP contribution is 2.27. The van der Waals surface area contributed by atoms with Gasteiger partial charge in [-0.1, -0.05) is 42.5 Å². The molecule has 3 aromatic rings. The van der Waals surface area contributed by atoms with Crippen LogP contribution in [0, 0.1) is 0 Å². The summed E-state index contributed by atoms with van der Waals surface area (Å²) in [5, 5.41) is 17.6. The van der Waals surface area contributed by atoms with Crippen molar-refractivity contribution in [3.63, 3.8) is 0 Å². The number of aromatic hydroxyl groups is 1. The number of hydrogen-bond acceptors (Lipinski definition) is 4. The number of para-hydroxylation sites is 1. The highest BCUT2D eigenvalue weighted by Gasteiger charge is 2.10. The molecule has 20 heavy (non-hydrogen) atoms. The molecule has 0 aliphatic rings. The van der Waals surface area contributed by atoms with Crippen molar-refractivity contribution >= 4 is 12.2 Å². The summed E-state index contributed by atoms with van der Waals surface area (Å²) in [5.41, 5.74) is 1.58. The highest BCUT2D eigenvalue weighted by molar-refractivity contribution is 5.67. The van der Waals surface area contributed by atoms with E-state index in [0.29, 0.717) is 17.3 Å². The number of benzene rings is 2. The van der Waals surface area contributed by atoms with Gasteiger partial charge < -0.3 is 9.52 Å². The van der Waals surface area contributed by atoms with Crippen LogP contribution in [0.1, 0.15) is 11.5 Å². The van der Waals surface area contributed by atoms with Gasteiger partial charge in [0.1, 0.15) is 5.75 Å². The zero-order valence-corrected chi connectivity index (χ0v) is 10.6. The Morgan fingerprint density at radius 2 is 1.60 bits per heavy atom. The van der Waals surface area contributed by atoms with Crippen LogP contribution in [0.4, 0.5) is 0 Å². The first-order valence-corrected chi connectivity index (χ1v) is 6.18. The summed E-state index contributed by atoms with van der Waals surface area (Å²) in [7, 11) is 0. The molecular weight excluding hydrogens is 252 g/mol. The molecule has 2 aromatic carbocycles. The van der Waals surface area contributed by atoms with Crippen molar-refractivity contribution in [3.8, 4) is 17.2 Å². The molecule has 1 aromatic heterocycles. The average molecular weight is 264 g/mol. The van der Waals surface area contributed by atoms with Crippen LogP contribution in [-0.2, 0) is 0 Å². The Hall–Kier alpha value is -2.88. The van der Waals surface area contributed by atoms with Crippen LogP contribution in [0.5, 0.6) is 5.75 Å². The molecule has 0 radical (unpaired) electrons. The maximum atomic E-state index is 9.74. The molecule has 0 aliphatic heterocycles. The molecule has 0 fully saturated rings. The van der Waals surface area contributed by atoms with Gasteiger partial charge in [-0.05, 0) is 23.8 Å². The first-order chi connectivity index (χ1) is 9.83. The van der Waals surface area contributed by atoms with E-state index >= 15 is 0 Å². The molecule has 0 amide bonds. The topological polar surface area (TPSA) is 59.2 Å². The second-order valence-electron chi connectivity index (χ2n) is 4.21. The summed E-state index contributed by atoms with van der Waals surface area (Å²) in [5.74, 6) is 0.817. The molecular formula is C16H12N2O2. The second-order valence-corrected chi connectivity index (χ2v) is 4.21. The van der Waals surface area contributed by atoms with Crippen molar-refractivity contribution < 1.29 is 9.52 Å². The molecule has 4 nitrogen and oxygen atoms in total. The maximum absolute atomic E-state index is 9.74. The molecule has 0 aliphatic carbocycles. The van der Waals surface area contributed by atoms with Gasteiger partial charge in [0.2, 0.25) is 5.89 Å². The number of nitrogens with zero attached hydrogens (tertiary/aromatic N) is 2. The lowest BCUT2D eigenvalue weighted by molar-refractivity contribution is 0.472. The van der Waals surface area contributed by atoms with Crippen LogP contribution in [0.25, 0.3) is 23.6 Å². The Labute approximate surface area is 116 Å². The van der Waals surface area contributed by atoms with E-state index in [-0.39, 0.29) is 5.75 Å². The van der Waals surface area contributed by atoms with Crippen molar-refractivity contribution in [2.45, 2.75) is 0 Å². The van der Waals surface area contributed by atoms with E-state index in [1.54, 1.807) is 30.3 Å². The van der Waals surface area contributed by atoms with Crippen LogP contribution in [0.3, 0.4) is 0 Å². The summed E-state index contributed by atoms with van der Waals surface area (Å²) < 4.78 is 5.50. The zero-order chi connectivity index (χ0) is 13.8. The number of aromatic nitrogens is 2. The molecule has 1 N–H and O–H groups in total. The predicted octanol–water partition coefficient (Wildman–Crippen LogP) is 3.61. The van der Waals surface area contributed by atoms with Crippen LogP contribution < -0.4 is 0 Å². The monoisotopic (exact) mass is 264 g/mol. The molecule has 98 valence electrons. The number of rotatable bonds is 3. The van der Waals surface area contributed by atoms with Gasteiger partial charge in [0, 0.05) is 6.08 Å². The summed E-state index contributed by atoms with van der Waals surface area (Å²) in [6.07, 6.45) is 3.63. The third-order valence-corrected chi connectivity index (χ3v) is 2.79. The normalized spacial score (nSPS) is 11.0.